The van der Waals surface area contributed by atoms with E-state index in [0.717, 1.165) is 0 Å². The summed E-state index contributed by atoms with van der Waals surface area (Å²) in [4.78, 5) is 57.9. The third-order valence-corrected chi connectivity index (χ3v) is 6.98. The number of carbonyl (C=O) groups is 3. The Labute approximate surface area is 244 Å². The van der Waals surface area contributed by atoms with Crippen LogP contribution in [-0.2, 0) is 16.5 Å². The monoisotopic (exact) mass is 607 g/mol. The molecular weight excluding hydrogens is 581 g/mol. The van der Waals surface area contributed by atoms with Crippen molar-refractivity contribution in [3.8, 4) is 5.75 Å². The van der Waals surface area contributed by atoms with Crippen molar-refractivity contribution in [3.63, 3.8) is 0 Å². The highest BCUT2D eigenvalue weighted by atomic mass is 35.5. The van der Waals surface area contributed by atoms with E-state index >= 15 is 0 Å². The summed E-state index contributed by atoms with van der Waals surface area (Å²) in [5, 5.41) is 6.68. The second kappa shape index (κ2) is 13.0. The zero-order valence-electron chi connectivity index (χ0n) is 22.4. The lowest BCUT2D eigenvalue weighted by Crippen LogP contribution is -2.41. The molecule has 3 aromatic rings. The van der Waals surface area contributed by atoms with E-state index in [1.165, 1.54) is 37.1 Å². The number of ether oxygens (including phenoxy) is 3. The normalized spacial score (nSPS) is 15.6. The summed E-state index contributed by atoms with van der Waals surface area (Å²) < 4.78 is 21.3. The molecule has 1 N–H and O–H groups in total. The van der Waals surface area contributed by atoms with Gasteiger partial charge in [0.05, 0.1) is 22.8 Å². The minimum Gasteiger partial charge on any atom is -0.447 e. The van der Waals surface area contributed by atoms with Gasteiger partial charge in [-0.05, 0) is 38.0 Å². The Balaban J connectivity index is 1.66. The number of piperidine rings is 1. The lowest BCUT2D eigenvalue weighted by atomic mass is 9.96. The molecule has 1 unspecified atom stereocenters. The zero-order valence-corrected chi connectivity index (χ0v) is 23.9. The third kappa shape index (κ3) is 6.98. The van der Waals surface area contributed by atoms with Crippen molar-refractivity contribution in [1.82, 2.24) is 19.6 Å². The number of rotatable bonds is 8. The second-order valence-electron chi connectivity index (χ2n) is 9.08. The average molecular weight is 608 g/mol. The summed E-state index contributed by atoms with van der Waals surface area (Å²) in [7, 11) is 1.48. The summed E-state index contributed by atoms with van der Waals surface area (Å²) in [5.41, 5.74) is -0.457. The molecule has 1 aliphatic rings. The minimum atomic E-state index is -1.29. The van der Waals surface area contributed by atoms with E-state index in [1.54, 1.807) is 24.0 Å². The van der Waals surface area contributed by atoms with Crippen LogP contribution in [0.15, 0.2) is 40.0 Å². The van der Waals surface area contributed by atoms with Crippen LogP contribution < -0.4 is 15.6 Å². The average Bonchev–Trinajstić information content (AvgIpc) is 3.45. The van der Waals surface area contributed by atoms with Crippen LogP contribution >= 0.6 is 23.2 Å². The Morgan fingerprint density at radius 3 is 2.71 bits per heavy atom. The van der Waals surface area contributed by atoms with Gasteiger partial charge in [-0.2, -0.15) is 0 Å². The Hall–Kier alpha value is -4.10. The number of likely N-dealkylation sites (tertiary alicyclic amines) is 1. The second-order valence-corrected chi connectivity index (χ2v) is 9.90. The Kier molecular flexibility index (Phi) is 9.50. The van der Waals surface area contributed by atoms with Gasteiger partial charge in [0.2, 0.25) is 12.0 Å². The topological polar surface area (TPSA) is 155 Å². The summed E-state index contributed by atoms with van der Waals surface area (Å²) in [6.07, 6.45) is 1.39. The van der Waals surface area contributed by atoms with Crippen LogP contribution in [0.25, 0.3) is 0 Å². The lowest BCUT2D eigenvalue weighted by molar-refractivity contribution is -0.0530. The van der Waals surface area contributed by atoms with Crippen LogP contribution in [0.5, 0.6) is 5.75 Å². The van der Waals surface area contributed by atoms with Crippen LogP contribution in [-0.4, -0.2) is 63.6 Å². The van der Waals surface area contributed by atoms with Crippen molar-refractivity contribution < 1.29 is 33.1 Å². The maximum Gasteiger partial charge on any atom is 0.511 e. The first-order valence-electron chi connectivity index (χ1n) is 12.6. The molecular formula is C26H27Cl2N5O8. The fraction of sp³-hybridized carbons (Fsp3) is 0.385. The van der Waals surface area contributed by atoms with Gasteiger partial charge in [-0.1, -0.05) is 28.4 Å². The first-order valence-corrected chi connectivity index (χ1v) is 13.4. The van der Waals surface area contributed by atoms with E-state index in [1.807, 2.05) is 0 Å². The van der Waals surface area contributed by atoms with Crippen LogP contribution in [0.4, 0.5) is 10.5 Å². The number of hydrogen-bond donors (Lipinski definition) is 1. The lowest BCUT2D eigenvalue weighted by Gasteiger charge is -2.33. The SMILES string of the molecule is CCOC(=O)OC(C)Oc1c(C(=O)Nc2cnoc2)nc([C@@H]2CCCN(C(=O)c3ccc(Cl)c(Cl)c3)C2)n(C)c1=O. The fourth-order valence-electron chi connectivity index (χ4n) is 4.34. The molecule has 13 nitrogen and oxygen atoms in total. The van der Waals surface area contributed by atoms with Gasteiger partial charge in [-0.25, -0.2) is 9.78 Å². The third-order valence-electron chi connectivity index (χ3n) is 6.24. The molecule has 0 spiro atoms. The molecule has 41 heavy (non-hydrogen) atoms. The van der Waals surface area contributed by atoms with Gasteiger partial charge in [-0.15, -0.1) is 0 Å². The highest BCUT2D eigenvalue weighted by Crippen LogP contribution is 2.29. The van der Waals surface area contributed by atoms with E-state index in [4.69, 9.17) is 41.9 Å². The largest absolute Gasteiger partial charge is 0.511 e. The molecule has 15 heteroatoms. The zero-order chi connectivity index (χ0) is 29.7. The molecule has 0 aliphatic carbocycles. The number of amides is 2. The van der Waals surface area contributed by atoms with Crippen LogP contribution in [0.1, 0.15) is 59.3 Å². The molecule has 1 saturated heterocycles. The van der Waals surface area contributed by atoms with Crippen molar-refractivity contribution in [2.45, 2.75) is 38.9 Å². The van der Waals surface area contributed by atoms with Gasteiger partial charge in [-0.3, -0.25) is 19.0 Å². The fourth-order valence-corrected chi connectivity index (χ4v) is 4.64. The number of aromatic nitrogens is 3. The van der Waals surface area contributed by atoms with E-state index < -0.39 is 35.6 Å². The maximum atomic E-state index is 13.5. The summed E-state index contributed by atoms with van der Waals surface area (Å²) in [6.45, 7) is 3.74. The number of hydrogen-bond acceptors (Lipinski definition) is 10. The van der Waals surface area contributed by atoms with Crippen LogP contribution in [0, 0.1) is 0 Å². The summed E-state index contributed by atoms with van der Waals surface area (Å²) >= 11 is 12.1. The molecule has 0 saturated carbocycles. The predicted octanol–water partition coefficient (Wildman–Crippen LogP) is 4.25. The number of benzene rings is 1. The van der Waals surface area contributed by atoms with Gasteiger partial charge in [0.1, 0.15) is 17.8 Å². The standard InChI is InChI=1S/C26H27Cl2N5O8/c1-4-38-26(37)41-14(2)40-21-20(23(34)30-17-11-29-39-13-17)31-22(32(3)25(21)36)16-6-5-9-33(12-16)24(35)15-7-8-18(27)19(28)10-15/h7-8,10-11,13-14,16H,4-6,9,12H2,1-3H3,(H,30,34)/t14?,16-/m1/s1. The van der Waals surface area contributed by atoms with Gasteiger partial charge in [0.25, 0.3) is 17.4 Å². The number of carbonyl (C=O) groups excluding carboxylic acids is 3. The molecule has 218 valence electrons. The molecule has 4 rings (SSSR count). The van der Waals surface area contributed by atoms with Gasteiger partial charge >= 0.3 is 6.16 Å². The number of anilines is 1. The predicted molar refractivity (Wildman–Crippen MR) is 146 cm³/mol. The molecule has 2 atom stereocenters. The molecule has 0 radical (unpaired) electrons. The molecule has 1 fully saturated rings. The Bertz CT molecular complexity index is 1490. The molecule has 1 aliphatic heterocycles. The van der Waals surface area contributed by atoms with E-state index in [2.05, 4.69) is 15.5 Å². The first kappa shape index (κ1) is 29.9. The Morgan fingerprint density at radius 1 is 1.24 bits per heavy atom. The van der Waals surface area contributed by atoms with E-state index in [-0.39, 0.29) is 41.3 Å². The first-order chi connectivity index (χ1) is 19.6. The maximum absolute atomic E-state index is 13.5. The van der Waals surface area contributed by atoms with E-state index in [9.17, 15) is 19.2 Å². The highest BCUT2D eigenvalue weighted by Gasteiger charge is 2.32. The van der Waals surface area contributed by atoms with Crippen LogP contribution in [0.3, 0.4) is 0 Å². The summed E-state index contributed by atoms with van der Waals surface area (Å²) in [5.74, 6) is -1.61. The molecule has 0 bridgehead atoms. The van der Waals surface area contributed by atoms with Crippen molar-refractivity contribution in [2.75, 3.05) is 25.0 Å². The molecule has 1 aromatic carbocycles. The van der Waals surface area contributed by atoms with Crippen molar-refractivity contribution in [2.24, 2.45) is 7.05 Å². The van der Waals surface area contributed by atoms with Crippen molar-refractivity contribution in [1.29, 1.82) is 0 Å². The molecule has 2 aromatic heterocycles. The van der Waals surface area contributed by atoms with Gasteiger partial charge < -0.3 is 29.0 Å². The number of nitrogens with zero attached hydrogens (tertiary/aromatic N) is 4. The number of halogens is 2. The van der Waals surface area contributed by atoms with E-state index in [0.29, 0.717) is 30.0 Å². The van der Waals surface area contributed by atoms with Crippen molar-refractivity contribution in [3.05, 3.63) is 68.1 Å². The minimum absolute atomic E-state index is 0.0714. The van der Waals surface area contributed by atoms with Crippen LogP contribution in [0.2, 0.25) is 10.0 Å². The summed E-state index contributed by atoms with van der Waals surface area (Å²) in [6, 6.07) is 4.64. The van der Waals surface area contributed by atoms with Crippen molar-refractivity contribution >= 4 is 46.9 Å². The Morgan fingerprint density at radius 2 is 2.02 bits per heavy atom. The molecule has 3 heterocycles. The quantitative estimate of drug-likeness (QED) is 0.290. The highest BCUT2D eigenvalue weighted by molar-refractivity contribution is 6.42. The van der Waals surface area contributed by atoms with Gasteiger partial charge in [0.15, 0.2) is 5.69 Å². The van der Waals surface area contributed by atoms with Gasteiger partial charge in [0, 0.05) is 38.5 Å². The number of nitrogens with one attached hydrogen (secondary N) is 1. The smallest absolute Gasteiger partial charge is 0.447 e. The molecule has 2 amide bonds.